The Morgan fingerprint density at radius 3 is 2.52 bits per heavy atom. The van der Waals surface area contributed by atoms with Crippen molar-refractivity contribution in [3.05, 3.63) is 94.4 Å². The fourth-order valence-corrected chi connectivity index (χ4v) is 3.99. The monoisotopic (exact) mass is 447 g/mol. The van der Waals surface area contributed by atoms with Crippen LogP contribution in [0.4, 0.5) is 5.82 Å². The topological polar surface area (TPSA) is 72.7 Å². The van der Waals surface area contributed by atoms with Crippen molar-refractivity contribution >= 4 is 56.7 Å². The van der Waals surface area contributed by atoms with Crippen LogP contribution in [0.15, 0.2) is 73.1 Å². The highest BCUT2D eigenvalue weighted by atomic mass is 35.5. The molecule has 6 nitrogen and oxygen atoms in total. The summed E-state index contributed by atoms with van der Waals surface area (Å²) in [7, 11) is 0. The third-order valence-corrected chi connectivity index (χ3v) is 5.67. The number of hydrogen-bond donors (Lipinski definition) is 1. The minimum absolute atomic E-state index is 0.274. The normalized spacial score (nSPS) is 11.2. The SMILES string of the molecule is O=C(Nc1ccccn1)c1nn(Cc2c(Cl)cccc2Cl)c2cc3cccnc3cc12. The number of amides is 1. The molecule has 1 N–H and O–H groups in total. The highest BCUT2D eigenvalue weighted by molar-refractivity contribution is 6.36. The zero-order chi connectivity index (χ0) is 21.4. The van der Waals surface area contributed by atoms with Crippen molar-refractivity contribution in [2.24, 2.45) is 0 Å². The number of carbonyl (C=O) groups excluding carboxylic acids is 1. The lowest BCUT2D eigenvalue weighted by Gasteiger charge is -2.08. The number of anilines is 1. The predicted molar refractivity (Wildman–Crippen MR) is 123 cm³/mol. The fraction of sp³-hybridized carbons (Fsp3) is 0.0435. The molecule has 3 heterocycles. The number of carbonyl (C=O) groups is 1. The maximum atomic E-state index is 13.1. The number of pyridine rings is 2. The molecule has 5 aromatic rings. The fourth-order valence-electron chi connectivity index (χ4n) is 3.47. The summed E-state index contributed by atoms with van der Waals surface area (Å²) >= 11 is 12.8. The van der Waals surface area contributed by atoms with E-state index >= 15 is 0 Å². The average Bonchev–Trinajstić information content (AvgIpc) is 3.13. The van der Waals surface area contributed by atoms with Gasteiger partial charge in [-0.1, -0.05) is 41.4 Å². The number of fused-ring (bicyclic) bond motifs is 2. The molecular formula is C23H15Cl2N5O. The molecule has 31 heavy (non-hydrogen) atoms. The highest BCUT2D eigenvalue weighted by Crippen LogP contribution is 2.29. The lowest BCUT2D eigenvalue weighted by atomic mass is 10.1. The van der Waals surface area contributed by atoms with Gasteiger partial charge in [-0.05, 0) is 42.5 Å². The number of aromatic nitrogens is 4. The van der Waals surface area contributed by atoms with Gasteiger partial charge in [-0.2, -0.15) is 5.10 Å². The summed E-state index contributed by atoms with van der Waals surface area (Å²) in [5, 5.41) is 10.1. The van der Waals surface area contributed by atoms with Crippen LogP contribution in [0.2, 0.25) is 10.0 Å². The minimum atomic E-state index is -0.358. The molecule has 1 amide bonds. The van der Waals surface area contributed by atoms with Crippen molar-refractivity contribution < 1.29 is 4.79 Å². The summed E-state index contributed by atoms with van der Waals surface area (Å²) in [6.07, 6.45) is 3.33. The van der Waals surface area contributed by atoms with E-state index in [2.05, 4.69) is 20.4 Å². The third kappa shape index (κ3) is 3.71. The van der Waals surface area contributed by atoms with Crippen LogP contribution in [0.3, 0.4) is 0 Å². The predicted octanol–water partition coefficient (Wildman–Crippen LogP) is 5.59. The van der Waals surface area contributed by atoms with Gasteiger partial charge in [0.2, 0.25) is 0 Å². The van der Waals surface area contributed by atoms with Crippen molar-refractivity contribution in [2.45, 2.75) is 6.54 Å². The van der Waals surface area contributed by atoms with Crippen molar-refractivity contribution in [3.63, 3.8) is 0 Å². The van der Waals surface area contributed by atoms with Crippen molar-refractivity contribution in [2.75, 3.05) is 5.32 Å². The van der Waals surface area contributed by atoms with E-state index in [-0.39, 0.29) is 11.6 Å². The Morgan fingerprint density at radius 2 is 1.74 bits per heavy atom. The minimum Gasteiger partial charge on any atom is -0.305 e. The molecule has 152 valence electrons. The molecule has 0 radical (unpaired) electrons. The van der Waals surface area contributed by atoms with Gasteiger partial charge in [-0.25, -0.2) is 4.98 Å². The zero-order valence-electron chi connectivity index (χ0n) is 16.1. The van der Waals surface area contributed by atoms with E-state index in [0.29, 0.717) is 27.8 Å². The van der Waals surface area contributed by atoms with Crippen LogP contribution in [0.5, 0.6) is 0 Å². The maximum absolute atomic E-state index is 13.1. The molecule has 0 spiro atoms. The molecule has 0 saturated heterocycles. The molecule has 0 saturated carbocycles. The number of nitrogens with one attached hydrogen (secondary N) is 1. The Labute approximate surface area is 187 Å². The number of hydrogen-bond acceptors (Lipinski definition) is 4. The van der Waals surface area contributed by atoms with E-state index < -0.39 is 0 Å². The summed E-state index contributed by atoms with van der Waals surface area (Å²) in [6, 6.07) is 18.3. The van der Waals surface area contributed by atoms with Gasteiger partial charge in [0.1, 0.15) is 5.82 Å². The molecular weight excluding hydrogens is 433 g/mol. The Kier molecular flexibility index (Phi) is 5.02. The summed E-state index contributed by atoms with van der Waals surface area (Å²) in [5.41, 5.74) is 2.56. The lowest BCUT2D eigenvalue weighted by molar-refractivity contribution is 0.102. The Bertz CT molecular complexity index is 1410. The van der Waals surface area contributed by atoms with E-state index in [1.807, 2.05) is 24.3 Å². The van der Waals surface area contributed by atoms with E-state index in [0.717, 1.165) is 22.0 Å². The van der Waals surface area contributed by atoms with Crippen LogP contribution >= 0.6 is 23.2 Å². The second-order valence-corrected chi connectivity index (χ2v) is 7.76. The highest BCUT2D eigenvalue weighted by Gasteiger charge is 2.20. The Balaban J connectivity index is 1.66. The van der Waals surface area contributed by atoms with E-state index in [1.54, 1.807) is 53.5 Å². The standard InChI is InChI=1S/C23H15Cl2N5O/c24-17-6-3-7-18(25)16(17)13-30-20-11-14-5-4-10-26-19(14)12-15(20)22(29-30)23(31)28-21-8-1-2-9-27-21/h1-12H,13H2,(H,27,28,31). The Morgan fingerprint density at radius 1 is 0.935 bits per heavy atom. The summed E-state index contributed by atoms with van der Waals surface area (Å²) in [5.74, 6) is 0.0891. The van der Waals surface area contributed by atoms with E-state index in [9.17, 15) is 4.79 Å². The lowest BCUT2D eigenvalue weighted by Crippen LogP contribution is -2.14. The van der Waals surface area contributed by atoms with E-state index in [4.69, 9.17) is 23.2 Å². The molecule has 0 aliphatic rings. The molecule has 0 fully saturated rings. The van der Waals surface area contributed by atoms with Gasteiger partial charge in [0, 0.05) is 38.8 Å². The van der Waals surface area contributed by atoms with Crippen LogP contribution in [-0.4, -0.2) is 25.7 Å². The average molecular weight is 448 g/mol. The van der Waals surface area contributed by atoms with E-state index in [1.165, 1.54) is 0 Å². The molecule has 3 aromatic heterocycles. The summed E-state index contributed by atoms with van der Waals surface area (Å²) in [4.78, 5) is 21.6. The molecule has 0 atom stereocenters. The quantitative estimate of drug-likeness (QED) is 0.389. The van der Waals surface area contributed by atoms with Gasteiger partial charge in [-0.3, -0.25) is 14.5 Å². The van der Waals surface area contributed by atoms with Crippen molar-refractivity contribution in [3.8, 4) is 0 Å². The van der Waals surface area contributed by atoms with Gasteiger partial charge in [0.15, 0.2) is 5.69 Å². The largest absolute Gasteiger partial charge is 0.305 e. The van der Waals surface area contributed by atoms with Crippen LogP contribution in [0.25, 0.3) is 21.8 Å². The molecule has 0 bridgehead atoms. The maximum Gasteiger partial charge on any atom is 0.277 e. The molecule has 0 aliphatic heterocycles. The first kappa shape index (κ1) is 19.5. The number of rotatable bonds is 4. The van der Waals surface area contributed by atoms with Crippen molar-refractivity contribution in [1.29, 1.82) is 0 Å². The summed E-state index contributed by atoms with van der Waals surface area (Å²) in [6.45, 7) is 0.317. The van der Waals surface area contributed by atoms with Crippen molar-refractivity contribution in [1.82, 2.24) is 19.7 Å². The molecule has 5 rings (SSSR count). The second kappa shape index (κ2) is 7.98. The van der Waals surface area contributed by atoms with Crippen LogP contribution < -0.4 is 5.32 Å². The number of benzene rings is 2. The first-order valence-electron chi connectivity index (χ1n) is 9.51. The smallest absolute Gasteiger partial charge is 0.277 e. The third-order valence-electron chi connectivity index (χ3n) is 4.97. The van der Waals surface area contributed by atoms with Crippen LogP contribution in [0.1, 0.15) is 16.1 Å². The van der Waals surface area contributed by atoms with Crippen LogP contribution in [0, 0.1) is 0 Å². The van der Waals surface area contributed by atoms with Gasteiger partial charge in [-0.15, -0.1) is 0 Å². The van der Waals surface area contributed by atoms with Gasteiger partial charge in [0.05, 0.1) is 17.6 Å². The molecule has 2 aromatic carbocycles. The Hall–Kier alpha value is -3.48. The molecule has 0 unspecified atom stereocenters. The second-order valence-electron chi connectivity index (χ2n) is 6.94. The number of nitrogens with zero attached hydrogens (tertiary/aromatic N) is 4. The molecule has 8 heteroatoms. The number of halogens is 2. The van der Waals surface area contributed by atoms with Crippen LogP contribution in [-0.2, 0) is 6.54 Å². The van der Waals surface area contributed by atoms with Gasteiger partial charge in [0.25, 0.3) is 5.91 Å². The van der Waals surface area contributed by atoms with Gasteiger partial charge >= 0.3 is 0 Å². The first-order chi connectivity index (χ1) is 15.1. The van der Waals surface area contributed by atoms with Gasteiger partial charge < -0.3 is 5.32 Å². The summed E-state index contributed by atoms with van der Waals surface area (Å²) < 4.78 is 1.74. The zero-order valence-corrected chi connectivity index (χ0v) is 17.6. The molecule has 0 aliphatic carbocycles. The first-order valence-corrected chi connectivity index (χ1v) is 10.3.